The van der Waals surface area contributed by atoms with Crippen LogP contribution in [0.25, 0.3) is 20.9 Å². The molecule has 0 unspecified atom stereocenters. The third-order valence-electron chi connectivity index (χ3n) is 14.4. The summed E-state index contributed by atoms with van der Waals surface area (Å²) in [7, 11) is 1.34. The van der Waals surface area contributed by atoms with Crippen molar-refractivity contribution in [3.05, 3.63) is 79.5 Å². The minimum Gasteiger partial charge on any atom is -0.870 e. The zero-order chi connectivity index (χ0) is 59.0. The molecule has 2 N–H and O–H groups in total. The second-order valence-corrected chi connectivity index (χ2v) is 20.6. The first-order valence-corrected chi connectivity index (χ1v) is 29.5. The number of carboxylic acid groups (broad SMARTS) is 1. The van der Waals surface area contributed by atoms with Gasteiger partial charge in [-0.25, -0.2) is 0 Å². The molecule has 0 saturated heterocycles. The van der Waals surface area contributed by atoms with Gasteiger partial charge in [0.15, 0.2) is 0 Å². The van der Waals surface area contributed by atoms with Crippen LogP contribution in [0.1, 0.15) is 112 Å². The summed E-state index contributed by atoms with van der Waals surface area (Å²) < 4.78 is 49.8. The van der Waals surface area contributed by atoms with Crippen molar-refractivity contribution < 1.29 is 91.3 Å². The Hall–Kier alpha value is -5.80. The first-order valence-electron chi connectivity index (χ1n) is 29.5. The van der Waals surface area contributed by atoms with Crippen LogP contribution in [0.5, 0.6) is 11.5 Å². The van der Waals surface area contributed by atoms with Crippen LogP contribution >= 0.6 is 0 Å². The van der Waals surface area contributed by atoms with E-state index >= 15 is 0 Å². The molecule has 4 heterocycles. The van der Waals surface area contributed by atoms with Crippen LogP contribution in [0.4, 0.5) is 0 Å². The Labute approximate surface area is 511 Å². The maximum atomic E-state index is 13.4. The number of aliphatic carboxylic acids is 1. The smallest absolute Gasteiger partial charge is 0.870 e. The van der Waals surface area contributed by atoms with Crippen LogP contribution in [0.15, 0.2) is 56.6 Å². The van der Waals surface area contributed by atoms with Crippen LogP contribution < -0.4 is 28.3 Å². The molecule has 4 aliphatic rings. The molecular weight excluding hydrogens is 1100 g/mol. The zero-order valence-electron chi connectivity index (χ0n) is 50.2. The van der Waals surface area contributed by atoms with Gasteiger partial charge in [0.2, 0.25) is 11.8 Å². The van der Waals surface area contributed by atoms with E-state index in [0.29, 0.717) is 138 Å². The topological polar surface area (TPSA) is 330 Å². The minimum absolute atomic E-state index is 0. The molecule has 0 fully saturated rings. The van der Waals surface area contributed by atoms with Crippen LogP contribution in [-0.4, -0.2) is 194 Å². The van der Waals surface area contributed by atoms with Crippen molar-refractivity contribution in [3.63, 3.8) is 0 Å². The van der Waals surface area contributed by atoms with Crippen molar-refractivity contribution >= 4 is 35.2 Å². The molecule has 0 spiro atoms. The molecule has 2 amide bonds. The number of carbonyl (C=O) groups excluding carboxylic acids is 3. The maximum Gasteiger partial charge on any atom is 1.00 e. The van der Waals surface area contributed by atoms with Gasteiger partial charge in [-0.3, -0.25) is 29.2 Å². The van der Waals surface area contributed by atoms with E-state index in [9.17, 15) is 24.3 Å². The number of hydrogen-bond acceptors (Lipinski definition) is 18. The summed E-state index contributed by atoms with van der Waals surface area (Å²) in [6.45, 7) is 9.86. The number of esters is 1. The van der Waals surface area contributed by atoms with Crippen molar-refractivity contribution in [2.45, 2.75) is 116 Å². The Kier molecular flexibility index (Phi) is 39.3. The van der Waals surface area contributed by atoms with Gasteiger partial charge in [0.25, 0.3) is 0 Å². The number of unbranched alkanes of at least 4 members (excludes halogenated alkanes) is 2. The van der Waals surface area contributed by atoms with E-state index < -0.39 is 23.8 Å². The van der Waals surface area contributed by atoms with Crippen molar-refractivity contribution in [2.24, 2.45) is 32.0 Å². The van der Waals surface area contributed by atoms with Gasteiger partial charge in [-0.2, -0.15) is 0 Å². The number of amides is 2. The van der Waals surface area contributed by atoms with Crippen molar-refractivity contribution in [3.8, 4) is 11.5 Å². The zero-order valence-corrected chi connectivity index (χ0v) is 50.2. The normalized spacial score (nSPS) is 16.4. The Balaban J connectivity index is 0.000000435. The third kappa shape index (κ3) is 30.4. The van der Waals surface area contributed by atoms with E-state index in [2.05, 4.69) is 30.0 Å². The Bertz CT molecular complexity index is 2440. The molecule has 26 heteroatoms. The number of carbonyl (C=O) groups is 4. The van der Waals surface area contributed by atoms with Crippen molar-refractivity contribution in [2.75, 3.05) is 139 Å². The molecule has 0 aliphatic carbocycles. The van der Waals surface area contributed by atoms with E-state index in [1.165, 1.54) is 44.2 Å². The number of rotatable bonds is 40. The fourth-order valence-corrected chi connectivity index (χ4v) is 9.96. The summed E-state index contributed by atoms with van der Waals surface area (Å²) in [4.78, 5) is 68.2. The molecule has 0 aromatic heterocycles. The summed E-state index contributed by atoms with van der Waals surface area (Å²) in [6, 6.07) is 11.8. The molecule has 85 heavy (non-hydrogen) atoms. The van der Waals surface area contributed by atoms with Gasteiger partial charge in [0, 0.05) is 73.6 Å². The van der Waals surface area contributed by atoms with Crippen LogP contribution in [-0.2, 0) is 78.3 Å². The van der Waals surface area contributed by atoms with Crippen molar-refractivity contribution in [1.82, 2.24) is 9.80 Å². The fourth-order valence-electron chi connectivity index (χ4n) is 9.96. The van der Waals surface area contributed by atoms with Gasteiger partial charge >= 0.3 is 30.8 Å². The monoisotopic (exact) mass is 1180 g/mol. The van der Waals surface area contributed by atoms with Gasteiger partial charge < -0.3 is 63.0 Å². The standard InChI is InChI=1S/C30H45N5O7.C29H43N5O7.Li.H2O/c1-38-29(36)22-25-20-24-8-9-28(42-13-5-3-7-27-6-2-4-10-32-27)21-26(24)23-35(30(25)37)12-15-40-17-19-41-18-16-39-14-11-33-34-31;30-33-32-10-13-38-15-17-40-18-16-39-14-11-34-22-25-20-27(41-12-4-2-6-26-5-1-3-9-31-26)8-7-23(25)19-24(29(34)37)21-28(35)36;;/h8-9,21,25H,2-7,10-20,22-23H2,1H3;7-8,20,24H,1-6,9-19,21-22H2,(H,35,36);;1H2/q;;+1;/p-1/t25-;24-;;/m00../s1. The molecule has 2 aromatic carbocycles. The second-order valence-electron chi connectivity index (χ2n) is 20.6. The molecule has 0 radical (unpaired) electrons. The number of aliphatic imine (C=N–C) groups is 2. The summed E-state index contributed by atoms with van der Waals surface area (Å²) in [6.07, 6.45) is 14.0. The van der Waals surface area contributed by atoms with Gasteiger partial charge in [-0.1, -0.05) is 22.4 Å². The predicted molar refractivity (Wildman–Crippen MR) is 313 cm³/mol. The summed E-state index contributed by atoms with van der Waals surface area (Å²) in [5, 5.41) is 16.2. The number of azide groups is 2. The maximum absolute atomic E-state index is 13.4. The quantitative estimate of drug-likeness (QED) is 0.0221. The molecule has 2 aromatic rings. The number of methoxy groups -OCH3 is 1. The average Bonchev–Trinajstić information content (AvgIpc) is 3.70. The van der Waals surface area contributed by atoms with Gasteiger partial charge in [0.05, 0.1) is 124 Å². The molecule has 4 aliphatic heterocycles. The largest absolute Gasteiger partial charge is 1.00 e. The van der Waals surface area contributed by atoms with Crippen LogP contribution in [0, 0.1) is 11.8 Å². The first kappa shape index (κ1) is 73.5. The van der Waals surface area contributed by atoms with E-state index in [1.54, 1.807) is 9.80 Å². The SMILES string of the molecule is COC(=O)C[C@@H]1Cc2ccc(OCCCCC3=NCCCC3)cc2CN(CCOCCOCCOCCN=[N+]=[N-])C1=O.[Li+].[N-]=[N+]=NCCOCCOCCOCCN1Cc2cc(OCCCCC3=NCCCC3)ccc2C[C@@H](CC(=O)O)C1=O.[OH-]. The fraction of sp³-hybridized carbons (Fsp3) is 0.695. The number of fused-ring (bicyclic) bond motifs is 2. The van der Waals surface area contributed by atoms with E-state index in [-0.39, 0.29) is 55.5 Å². The molecule has 6 rings (SSSR count). The van der Waals surface area contributed by atoms with E-state index in [0.717, 1.165) is 98.2 Å². The molecular formula is C59H89LiN10O15. The van der Waals surface area contributed by atoms with Crippen LogP contribution in [0.2, 0.25) is 0 Å². The van der Waals surface area contributed by atoms with E-state index in [1.807, 2.05) is 36.4 Å². The van der Waals surface area contributed by atoms with Gasteiger partial charge in [-0.05, 0) is 147 Å². The number of benzene rings is 2. The molecule has 466 valence electrons. The van der Waals surface area contributed by atoms with Crippen molar-refractivity contribution in [1.29, 1.82) is 0 Å². The van der Waals surface area contributed by atoms with E-state index in [4.69, 9.17) is 53.7 Å². The molecule has 0 saturated carbocycles. The second kappa shape index (κ2) is 45.5. The van der Waals surface area contributed by atoms with Gasteiger partial charge in [0.1, 0.15) is 11.5 Å². The number of nitrogens with zero attached hydrogens (tertiary/aromatic N) is 10. The summed E-state index contributed by atoms with van der Waals surface area (Å²) in [5.74, 6) is -1.19. The van der Waals surface area contributed by atoms with Gasteiger partial charge in [-0.15, -0.1) is 0 Å². The summed E-state index contributed by atoms with van der Waals surface area (Å²) in [5.41, 5.74) is 23.1. The number of hydrogen-bond donors (Lipinski definition) is 1. The first-order chi connectivity index (χ1) is 40.7. The van der Waals surface area contributed by atoms with Crippen LogP contribution in [0.3, 0.4) is 0 Å². The Morgan fingerprint density at radius 2 is 0.988 bits per heavy atom. The third-order valence-corrected chi connectivity index (χ3v) is 14.4. The number of ether oxygens (including phenoxy) is 9. The Morgan fingerprint density at radius 3 is 1.38 bits per heavy atom. The number of carboxylic acids is 1. The molecule has 25 nitrogen and oxygen atoms in total. The molecule has 0 bridgehead atoms. The molecule has 2 atom stereocenters. The summed E-state index contributed by atoms with van der Waals surface area (Å²) >= 11 is 0. The predicted octanol–water partition coefficient (Wildman–Crippen LogP) is 5.31. The minimum atomic E-state index is -0.985. The Morgan fingerprint density at radius 1 is 0.576 bits per heavy atom. The average molecular weight is 1190 g/mol.